The highest BCUT2D eigenvalue weighted by Crippen LogP contribution is 2.47. The molecule has 0 bridgehead atoms. The van der Waals surface area contributed by atoms with E-state index in [0.29, 0.717) is 40.9 Å². The number of sulfonamides is 1. The molecular weight excluding hydrogens is 751 g/mol. The summed E-state index contributed by atoms with van der Waals surface area (Å²) in [5, 5.41) is 6.23. The van der Waals surface area contributed by atoms with Gasteiger partial charge in [0.15, 0.2) is 0 Å². The van der Waals surface area contributed by atoms with Crippen LogP contribution in [0.4, 0.5) is 4.79 Å². The standard InChI is InChI=1S/C42H53N5O9S/c1-10-26-23-42(26,37(50)46-57(52,53)41(8)18-19-41)45-35(48)32-21-28(24-47(32)36(49)34(39(2,3)4)44-38(51)56-40(5,6)7)55-33-22-30(25-14-12-11-13-15-25)43-31-20-27(54-9)16-17-29(31)33/h10-17,20,22,26,28,32,34H,1,18-19,21,23-24H2,2-9H3,(H,44,51)(H,45,48)(H,46,50)/t26-,28+,32-,34+,42+/m0/s1. The summed E-state index contributed by atoms with van der Waals surface area (Å²) in [6.07, 6.45) is 0.929. The smallest absolute Gasteiger partial charge is 0.408 e. The minimum Gasteiger partial charge on any atom is -0.497 e. The summed E-state index contributed by atoms with van der Waals surface area (Å²) in [4.78, 5) is 62.2. The Morgan fingerprint density at radius 1 is 1.02 bits per heavy atom. The van der Waals surface area contributed by atoms with Crippen LogP contribution in [0, 0.1) is 11.3 Å². The van der Waals surface area contributed by atoms with E-state index in [2.05, 4.69) is 21.9 Å². The lowest BCUT2D eigenvalue weighted by Gasteiger charge is -2.36. The Bertz CT molecular complexity index is 2190. The summed E-state index contributed by atoms with van der Waals surface area (Å²) in [7, 11) is -2.45. The number of rotatable bonds is 12. The van der Waals surface area contributed by atoms with Crippen LogP contribution in [0.2, 0.25) is 0 Å². The molecule has 0 unspecified atom stereocenters. The van der Waals surface area contributed by atoms with Gasteiger partial charge in [-0.25, -0.2) is 18.2 Å². The zero-order chi connectivity index (χ0) is 41.7. The number of fused-ring (bicyclic) bond motifs is 1. The van der Waals surface area contributed by atoms with Crippen LogP contribution in [0.15, 0.2) is 67.3 Å². The Morgan fingerprint density at radius 2 is 1.70 bits per heavy atom. The van der Waals surface area contributed by atoms with Crippen molar-refractivity contribution in [3.05, 3.63) is 67.3 Å². The van der Waals surface area contributed by atoms with Crippen LogP contribution in [0.25, 0.3) is 22.2 Å². The summed E-state index contributed by atoms with van der Waals surface area (Å²) in [6, 6.07) is 14.5. The van der Waals surface area contributed by atoms with Gasteiger partial charge in [-0.3, -0.25) is 19.1 Å². The summed E-state index contributed by atoms with van der Waals surface area (Å²) >= 11 is 0. The van der Waals surface area contributed by atoms with Crippen LogP contribution in [0.5, 0.6) is 11.5 Å². The molecule has 2 saturated carbocycles. The van der Waals surface area contributed by atoms with Gasteiger partial charge in [-0.15, -0.1) is 6.58 Å². The average Bonchev–Trinajstić information content (AvgIpc) is 4.02. The third-order valence-electron chi connectivity index (χ3n) is 10.8. The average molecular weight is 804 g/mol. The molecule has 2 aromatic carbocycles. The lowest BCUT2D eigenvalue weighted by molar-refractivity contribution is -0.143. The van der Waals surface area contributed by atoms with Crippen molar-refractivity contribution in [2.24, 2.45) is 11.3 Å². The van der Waals surface area contributed by atoms with Gasteiger partial charge >= 0.3 is 6.09 Å². The third kappa shape index (κ3) is 8.73. The fourth-order valence-electron chi connectivity index (χ4n) is 7.07. The van der Waals surface area contributed by atoms with Crippen LogP contribution in [0.3, 0.4) is 0 Å². The second kappa shape index (κ2) is 15.0. The third-order valence-corrected chi connectivity index (χ3v) is 13.0. The van der Waals surface area contributed by atoms with Crippen molar-refractivity contribution in [3.63, 3.8) is 0 Å². The van der Waals surface area contributed by atoms with Gasteiger partial charge in [-0.2, -0.15) is 0 Å². The lowest BCUT2D eigenvalue weighted by Crippen LogP contribution is -2.60. The van der Waals surface area contributed by atoms with Crippen LogP contribution >= 0.6 is 0 Å². The number of amides is 4. The number of alkyl carbamates (subject to hydrolysis) is 1. The number of carbonyl (C=O) groups is 4. The van der Waals surface area contributed by atoms with Crippen molar-refractivity contribution in [2.75, 3.05) is 13.7 Å². The first-order valence-corrected chi connectivity index (χ1v) is 20.6. The molecule has 5 atom stereocenters. The van der Waals surface area contributed by atoms with Crippen molar-refractivity contribution >= 4 is 44.7 Å². The van der Waals surface area contributed by atoms with E-state index in [4.69, 9.17) is 19.2 Å². The number of pyridine rings is 1. The summed E-state index contributed by atoms with van der Waals surface area (Å²) in [5.74, 6) is -1.59. The number of aromatic nitrogens is 1. The molecule has 0 spiro atoms. The molecule has 3 aliphatic rings. The molecule has 57 heavy (non-hydrogen) atoms. The van der Waals surface area contributed by atoms with Gasteiger partial charge < -0.3 is 29.7 Å². The number of hydrogen-bond donors (Lipinski definition) is 3. The van der Waals surface area contributed by atoms with E-state index in [0.717, 1.165) is 5.56 Å². The molecule has 1 saturated heterocycles. The van der Waals surface area contributed by atoms with E-state index in [-0.39, 0.29) is 19.4 Å². The molecule has 1 aromatic heterocycles. The Kier molecular flexibility index (Phi) is 10.9. The van der Waals surface area contributed by atoms with Gasteiger partial charge in [0, 0.05) is 35.4 Å². The molecule has 2 heterocycles. The predicted octanol–water partition coefficient (Wildman–Crippen LogP) is 5.26. The molecule has 2 aliphatic carbocycles. The first kappa shape index (κ1) is 41.5. The minimum atomic E-state index is -4.02. The predicted molar refractivity (Wildman–Crippen MR) is 215 cm³/mol. The van der Waals surface area contributed by atoms with Gasteiger partial charge in [-0.05, 0) is 64.5 Å². The second-order valence-electron chi connectivity index (χ2n) is 17.6. The number of hydrogen-bond acceptors (Lipinski definition) is 10. The molecule has 306 valence electrons. The number of nitrogens with one attached hydrogen (secondary N) is 3. The number of likely N-dealkylation sites (tertiary alicyclic amines) is 1. The molecular formula is C42H53N5O9S. The zero-order valence-corrected chi connectivity index (χ0v) is 34.6. The number of carbonyl (C=O) groups excluding carboxylic acids is 4. The molecule has 15 heteroatoms. The van der Waals surface area contributed by atoms with Crippen molar-refractivity contribution in [1.29, 1.82) is 0 Å². The van der Waals surface area contributed by atoms with E-state index < -0.39 is 79.2 Å². The van der Waals surface area contributed by atoms with Crippen molar-refractivity contribution in [1.82, 2.24) is 25.2 Å². The molecule has 6 rings (SSSR count). The lowest BCUT2D eigenvalue weighted by atomic mass is 9.85. The quantitative estimate of drug-likeness (QED) is 0.205. The summed E-state index contributed by atoms with van der Waals surface area (Å²) in [5.41, 5.74) is -1.19. The number of methoxy groups -OCH3 is 1. The van der Waals surface area contributed by atoms with Gasteiger partial charge in [0.1, 0.15) is 40.8 Å². The Labute approximate surface area is 334 Å². The topological polar surface area (TPSA) is 182 Å². The summed E-state index contributed by atoms with van der Waals surface area (Å²) in [6.45, 7) is 15.8. The maximum Gasteiger partial charge on any atom is 0.408 e. The fourth-order valence-corrected chi connectivity index (χ4v) is 8.38. The largest absolute Gasteiger partial charge is 0.497 e. The van der Waals surface area contributed by atoms with E-state index in [1.807, 2.05) is 42.5 Å². The number of benzene rings is 2. The van der Waals surface area contributed by atoms with Gasteiger partial charge in [0.2, 0.25) is 21.8 Å². The van der Waals surface area contributed by atoms with Gasteiger partial charge in [0.25, 0.3) is 5.91 Å². The molecule has 0 radical (unpaired) electrons. The molecule has 3 N–H and O–H groups in total. The highest BCUT2D eigenvalue weighted by molar-refractivity contribution is 7.91. The minimum absolute atomic E-state index is 0.00827. The monoisotopic (exact) mass is 803 g/mol. The molecule has 4 amide bonds. The highest BCUT2D eigenvalue weighted by Gasteiger charge is 2.63. The summed E-state index contributed by atoms with van der Waals surface area (Å²) < 4.78 is 45.0. The maximum atomic E-state index is 14.7. The fraction of sp³-hybridized carbons (Fsp3) is 0.500. The van der Waals surface area contributed by atoms with Crippen molar-refractivity contribution < 1.29 is 41.8 Å². The van der Waals surface area contributed by atoms with Gasteiger partial charge in [-0.1, -0.05) is 57.2 Å². The molecule has 14 nitrogen and oxygen atoms in total. The van der Waals surface area contributed by atoms with Gasteiger partial charge in [0.05, 0.1) is 29.6 Å². The van der Waals surface area contributed by atoms with E-state index in [1.165, 1.54) is 11.0 Å². The van der Waals surface area contributed by atoms with Crippen LogP contribution in [-0.2, 0) is 29.1 Å². The first-order chi connectivity index (χ1) is 26.6. The molecule has 3 aromatic rings. The second-order valence-corrected chi connectivity index (χ2v) is 19.8. The Morgan fingerprint density at radius 3 is 2.28 bits per heavy atom. The zero-order valence-electron chi connectivity index (χ0n) is 33.8. The number of nitrogens with zero attached hydrogens (tertiary/aromatic N) is 2. The van der Waals surface area contributed by atoms with Crippen molar-refractivity contribution in [2.45, 2.75) is 108 Å². The molecule has 3 fully saturated rings. The SMILES string of the molecule is C=C[C@H]1C[C@]1(NC(=O)[C@@H]1C[C@@H](Oc2cc(-c3ccccc3)nc3cc(OC)ccc23)CN1C(=O)[C@@H](NC(=O)OC(C)(C)C)C(C)(C)C)C(=O)NS(=O)(=O)C1(C)CC1. The van der Waals surface area contributed by atoms with E-state index in [9.17, 15) is 27.6 Å². The normalized spacial score (nSPS) is 23.2. The molecule has 1 aliphatic heterocycles. The Hall–Kier alpha value is -5.18. The first-order valence-electron chi connectivity index (χ1n) is 19.1. The van der Waals surface area contributed by atoms with Crippen LogP contribution < -0.4 is 24.8 Å². The highest BCUT2D eigenvalue weighted by atomic mass is 32.2. The Balaban J connectivity index is 1.35. The number of ether oxygens (including phenoxy) is 3. The maximum absolute atomic E-state index is 14.7. The van der Waals surface area contributed by atoms with E-state index in [1.54, 1.807) is 67.7 Å². The van der Waals surface area contributed by atoms with Crippen LogP contribution in [-0.4, -0.2) is 89.8 Å². The van der Waals surface area contributed by atoms with Crippen molar-refractivity contribution in [3.8, 4) is 22.8 Å². The van der Waals surface area contributed by atoms with Crippen LogP contribution in [0.1, 0.15) is 74.1 Å². The van der Waals surface area contributed by atoms with E-state index >= 15 is 0 Å².